The monoisotopic (exact) mass is 367 g/mol. The van der Waals surface area contributed by atoms with Gasteiger partial charge in [0.25, 0.3) is 5.78 Å². The largest absolute Gasteiger partial charge is 0.494 e. The van der Waals surface area contributed by atoms with E-state index in [0.29, 0.717) is 25.2 Å². The molecule has 0 fully saturated rings. The molecule has 0 aliphatic carbocycles. The highest BCUT2D eigenvalue weighted by Crippen LogP contribution is 2.22. The van der Waals surface area contributed by atoms with Gasteiger partial charge in [-0.3, -0.25) is 4.79 Å². The maximum atomic E-state index is 12.4. The molecule has 142 valence electrons. The Balaban J connectivity index is 1.65. The number of hydrogen-bond acceptors (Lipinski definition) is 5. The normalized spacial score (nSPS) is 11.0. The van der Waals surface area contributed by atoms with Crippen molar-refractivity contribution in [3.8, 4) is 5.75 Å². The van der Waals surface area contributed by atoms with Crippen LogP contribution in [0.15, 0.2) is 24.5 Å². The van der Waals surface area contributed by atoms with E-state index < -0.39 is 0 Å². The zero-order valence-electron chi connectivity index (χ0n) is 16.2. The van der Waals surface area contributed by atoms with Gasteiger partial charge in [0.15, 0.2) is 0 Å². The van der Waals surface area contributed by atoms with Crippen LogP contribution in [0, 0.1) is 20.8 Å². The summed E-state index contributed by atoms with van der Waals surface area (Å²) >= 11 is 0. The minimum Gasteiger partial charge on any atom is -0.494 e. The predicted octanol–water partition coefficient (Wildman–Crippen LogP) is 3.41. The van der Waals surface area contributed by atoms with E-state index in [1.54, 1.807) is 4.52 Å². The molecule has 7 heteroatoms. The zero-order chi connectivity index (χ0) is 19.4. The Hall–Kier alpha value is -2.96. The summed E-state index contributed by atoms with van der Waals surface area (Å²) in [5.41, 5.74) is 4.67. The molecule has 2 aromatic heterocycles. The van der Waals surface area contributed by atoms with Crippen LogP contribution in [0.3, 0.4) is 0 Å². The van der Waals surface area contributed by atoms with Gasteiger partial charge in [0.2, 0.25) is 5.91 Å². The molecule has 0 radical (unpaired) electrons. The van der Waals surface area contributed by atoms with E-state index in [9.17, 15) is 4.79 Å². The first kappa shape index (κ1) is 18.8. The molecule has 0 unspecified atom stereocenters. The third-order valence-electron chi connectivity index (χ3n) is 4.54. The number of carbonyl (C=O) groups excluding carboxylic acids is 1. The van der Waals surface area contributed by atoms with Crippen molar-refractivity contribution in [1.29, 1.82) is 0 Å². The average molecular weight is 367 g/mol. The number of amides is 1. The van der Waals surface area contributed by atoms with Crippen LogP contribution in [-0.4, -0.2) is 32.1 Å². The highest BCUT2D eigenvalue weighted by molar-refractivity contribution is 5.91. The number of nitrogens with zero attached hydrogens (tertiary/aromatic N) is 4. The van der Waals surface area contributed by atoms with Gasteiger partial charge in [-0.25, -0.2) is 9.50 Å². The molecule has 1 amide bonds. The maximum Gasteiger partial charge on any atom is 0.252 e. The summed E-state index contributed by atoms with van der Waals surface area (Å²) in [6, 6.07) is 5.72. The molecule has 0 aliphatic rings. The van der Waals surface area contributed by atoms with Crippen LogP contribution >= 0.6 is 0 Å². The Bertz CT molecular complexity index is 964. The number of nitrogens with one attached hydrogen (secondary N) is 1. The van der Waals surface area contributed by atoms with Gasteiger partial charge in [-0.05, 0) is 62.9 Å². The predicted molar refractivity (Wildman–Crippen MR) is 104 cm³/mol. The quantitative estimate of drug-likeness (QED) is 0.692. The summed E-state index contributed by atoms with van der Waals surface area (Å²) in [7, 11) is 0. The van der Waals surface area contributed by atoms with Gasteiger partial charge in [0, 0.05) is 23.5 Å². The second-order valence-corrected chi connectivity index (χ2v) is 6.61. The number of aromatic nitrogens is 4. The molecule has 3 rings (SSSR count). The minimum absolute atomic E-state index is 0.0298. The number of benzene rings is 1. The first-order valence-electron chi connectivity index (χ1n) is 9.18. The SMILES string of the molecule is CCCOc1ccc(NC(=O)CCc2c(C)nc3ncnn3c2C)c(C)c1. The van der Waals surface area contributed by atoms with Gasteiger partial charge in [-0.1, -0.05) is 6.92 Å². The molecular weight excluding hydrogens is 342 g/mol. The maximum absolute atomic E-state index is 12.4. The van der Waals surface area contributed by atoms with Crippen molar-refractivity contribution < 1.29 is 9.53 Å². The molecule has 27 heavy (non-hydrogen) atoms. The lowest BCUT2D eigenvalue weighted by molar-refractivity contribution is -0.116. The lowest BCUT2D eigenvalue weighted by Gasteiger charge is -2.12. The number of fused-ring (bicyclic) bond motifs is 1. The molecule has 2 heterocycles. The molecule has 0 spiro atoms. The zero-order valence-corrected chi connectivity index (χ0v) is 16.2. The summed E-state index contributed by atoms with van der Waals surface area (Å²) in [4.78, 5) is 21.0. The second kappa shape index (κ2) is 8.16. The van der Waals surface area contributed by atoms with Crippen LogP contribution in [-0.2, 0) is 11.2 Å². The van der Waals surface area contributed by atoms with Crippen LogP contribution in [0.1, 0.15) is 42.3 Å². The van der Waals surface area contributed by atoms with Gasteiger partial charge in [-0.2, -0.15) is 10.1 Å². The second-order valence-electron chi connectivity index (χ2n) is 6.61. The first-order chi connectivity index (χ1) is 13.0. The Kier molecular flexibility index (Phi) is 5.69. The van der Waals surface area contributed by atoms with E-state index in [0.717, 1.165) is 40.4 Å². The molecule has 0 bridgehead atoms. The highest BCUT2D eigenvalue weighted by atomic mass is 16.5. The lowest BCUT2D eigenvalue weighted by Crippen LogP contribution is -2.15. The Labute approximate surface area is 158 Å². The Morgan fingerprint density at radius 2 is 2.07 bits per heavy atom. The minimum atomic E-state index is -0.0298. The first-order valence-corrected chi connectivity index (χ1v) is 9.18. The van der Waals surface area contributed by atoms with E-state index >= 15 is 0 Å². The van der Waals surface area contributed by atoms with Crippen molar-refractivity contribution in [3.63, 3.8) is 0 Å². The van der Waals surface area contributed by atoms with Crippen molar-refractivity contribution in [2.24, 2.45) is 0 Å². The molecule has 1 N–H and O–H groups in total. The summed E-state index contributed by atoms with van der Waals surface area (Å²) in [5, 5.41) is 7.17. The molecule has 0 atom stereocenters. The van der Waals surface area contributed by atoms with E-state index in [1.807, 2.05) is 39.0 Å². The van der Waals surface area contributed by atoms with Crippen molar-refractivity contribution in [2.75, 3.05) is 11.9 Å². The Morgan fingerprint density at radius 3 is 2.81 bits per heavy atom. The van der Waals surface area contributed by atoms with Crippen LogP contribution in [0.5, 0.6) is 5.75 Å². The van der Waals surface area contributed by atoms with Crippen molar-refractivity contribution in [2.45, 2.75) is 47.0 Å². The number of anilines is 1. The van der Waals surface area contributed by atoms with Crippen LogP contribution in [0.25, 0.3) is 5.78 Å². The summed E-state index contributed by atoms with van der Waals surface area (Å²) in [6.45, 7) is 8.64. The van der Waals surface area contributed by atoms with E-state index in [4.69, 9.17) is 4.74 Å². The summed E-state index contributed by atoms with van der Waals surface area (Å²) in [6.07, 6.45) is 3.42. The number of ether oxygens (including phenoxy) is 1. The summed E-state index contributed by atoms with van der Waals surface area (Å²) < 4.78 is 7.33. The van der Waals surface area contributed by atoms with Crippen molar-refractivity contribution in [1.82, 2.24) is 19.6 Å². The fraction of sp³-hybridized carbons (Fsp3) is 0.400. The molecule has 0 saturated heterocycles. The van der Waals surface area contributed by atoms with Gasteiger partial charge in [0.05, 0.1) is 6.61 Å². The Morgan fingerprint density at radius 1 is 1.26 bits per heavy atom. The average Bonchev–Trinajstić information content (AvgIpc) is 3.10. The van der Waals surface area contributed by atoms with E-state index in [-0.39, 0.29) is 5.91 Å². The number of carbonyl (C=O) groups is 1. The van der Waals surface area contributed by atoms with Gasteiger partial charge in [-0.15, -0.1) is 0 Å². The fourth-order valence-electron chi connectivity index (χ4n) is 3.05. The lowest BCUT2D eigenvalue weighted by atomic mass is 10.1. The third kappa shape index (κ3) is 4.24. The molecule has 1 aromatic carbocycles. The standard InChI is InChI=1S/C20H25N5O2/c1-5-10-27-16-6-8-18(13(2)11-16)24-19(26)9-7-17-14(3)23-20-21-12-22-25(20)15(17)4/h6,8,11-12H,5,7,9-10H2,1-4H3,(H,24,26). The van der Waals surface area contributed by atoms with Crippen molar-refractivity contribution >= 4 is 17.4 Å². The number of hydrogen-bond donors (Lipinski definition) is 1. The van der Waals surface area contributed by atoms with Crippen LogP contribution in [0.4, 0.5) is 5.69 Å². The van der Waals surface area contributed by atoms with Gasteiger partial charge >= 0.3 is 0 Å². The van der Waals surface area contributed by atoms with Crippen LogP contribution in [0.2, 0.25) is 0 Å². The number of aryl methyl sites for hydroxylation is 3. The smallest absolute Gasteiger partial charge is 0.252 e. The van der Waals surface area contributed by atoms with Crippen LogP contribution < -0.4 is 10.1 Å². The molecular formula is C20H25N5O2. The molecule has 7 nitrogen and oxygen atoms in total. The molecule has 0 saturated carbocycles. The van der Waals surface area contributed by atoms with Gasteiger partial charge in [0.1, 0.15) is 12.1 Å². The fourth-order valence-corrected chi connectivity index (χ4v) is 3.05. The third-order valence-corrected chi connectivity index (χ3v) is 4.54. The topological polar surface area (TPSA) is 81.4 Å². The van der Waals surface area contributed by atoms with E-state index in [1.165, 1.54) is 6.33 Å². The van der Waals surface area contributed by atoms with Crippen molar-refractivity contribution in [3.05, 3.63) is 47.0 Å². The van der Waals surface area contributed by atoms with Gasteiger partial charge < -0.3 is 10.1 Å². The number of rotatable bonds is 7. The van der Waals surface area contributed by atoms with E-state index in [2.05, 4.69) is 27.3 Å². The summed E-state index contributed by atoms with van der Waals surface area (Å²) in [5.74, 6) is 1.38. The molecule has 0 aliphatic heterocycles. The highest BCUT2D eigenvalue weighted by Gasteiger charge is 2.13. The molecule has 3 aromatic rings.